The average molecular weight is 476 g/mol. The summed E-state index contributed by atoms with van der Waals surface area (Å²) in [4.78, 5) is 15.8. The van der Waals surface area contributed by atoms with E-state index < -0.39 is 0 Å². The maximum absolute atomic E-state index is 13.4. The van der Waals surface area contributed by atoms with Gasteiger partial charge in [0.15, 0.2) is 0 Å². The third-order valence-corrected chi connectivity index (χ3v) is 6.90. The van der Waals surface area contributed by atoms with Crippen LogP contribution in [0.1, 0.15) is 42.1 Å². The highest BCUT2D eigenvalue weighted by Crippen LogP contribution is 2.25. The number of hydrogen-bond acceptors (Lipinski definition) is 3. The molecular formula is C28H27ClFN3O. The Morgan fingerprint density at radius 3 is 2.35 bits per heavy atom. The Hall–Kier alpha value is -3.02. The van der Waals surface area contributed by atoms with Crippen LogP contribution in [0.25, 0.3) is 10.8 Å². The second-order valence-corrected chi connectivity index (χ2v) is 9.47. The van der Waals surface area contributed by atoms with Crippen LogP contribution in [0.5, 0.6) is 0 Å². The van der Waals surface area contributed by atoms with Crippen molar-refractivity contribution in [2.75, 3.05) is 13.1 Å². The van der Waals surface area contributed by atoms with Gasteiger partial charge in [0.2, 0.25) is 0 Å². The number of rotatable bonds is 5. The van der Waals surface area contributed by atoms with Crippen molar-refractivity contribution in [2.24, 2.45) is 0 Å². The maximum Gasteiger partial charge on any atom is 0.274 e. The molecule has 0 bridgehead atoms. The molecule has 6 heteroatoms. The van der Waals surface area contributed by atoms with Gasteiger partial charge in [-0.05, 0) is 67.3 Å². The summed E-state index contributed by atoms with van der Waals surface area (Å²) >= 11 is 6.06. The summed E-state index contributed by atoms with van der Waals surface area (Å²) in [6.07, 6.45) is 3.39. The molecule has 4 nitrogen and oxygen atoms in total. The fourth-order valence-corrected chi connectivity index (χ4v) is 4.96. The summed E-state index contributed by atoms with van der Waals surface area (Å²) in [5, 5.41) is 7.24. The molecule has 5 rings (SSSR count). The molecule has 0 N–H and O–H groups in total. The molecule has 1 saturated heterocycles. The highest BCUT2D eigenvalue weighted by atomic mass is 35.5. The lowest BCUT2D eigenvalue weighted by Gasteiger charge is -2.21. The zero-order valence-electron chi connectivity index (χ0n) is 19.0. The highest BCUT2D eigenvalue weighted by molar-refractivity contribution is 6.30. The number of benzene rings is 3. The molecule has 1 atom stereocenters. The van der Waals surface area contributed by atoms with Crippen molar-refractivity contribution < 1.29 is 4.39 Å². The highest BCUT2D eigenvalue weighted by Gasteiger charge is 2.22. The molecule has 1 fully saturated rings. The first-order valence-corrected chi connectivity index (χ1v) is 12.2. The van der Waals surface area contributed by atoms with E-state index in [2.05, 4.69) is 4.90 Å². The molecule has 0 spiro atoms. The largest absolute Gasteiger partial charge is 0.299 e. The SMILES string of the molecule is O=c1c2ccccc2c(Cc2ccc(Cl)cc2)nn1C1CCCN(Cc2ccc(F)cc2)CC1. The van der Waals surface area contributed by atoms with E-state index in [0.717, 1.165) is 61.1 Å². The van der Waals surface area contributed by atoms with Gasteiger partial charge in [-0.3, -0.25) is 9.69 Å². The second-order valence-electron chi connectivity index (χ2n) is 9.03. The fourth-order valence-electron chi connectivity index (χ4n) is 4.84. The number of likely N-dealkylation sites (tertiary alicyclic amines) is 1. The summed E-state index contributed by atoms with van der Waals surface area (Å²) in [6.45, 7) is 2.61. The lowest BCUT2D eigenvalue weighted by atomic mass is 10.0. The van der Waals surface area contributed by atoms with Crippen molar-refractivity contribution in [3.63, 3.8) is 0 Å². The third-order valence-electron chi connectivity index (χ3n) is 6.65. The average Bonchev–Trinajstić information content (AvgIpc) is 3.09. The van der Waals surface area contributed by atoms with Crippen LogP contribution >= 0.6 is 11.6 Å². The van der Waals surface area contributed by atoms with Crippen LogP contribution < -0.4 is 5.56 Å². The Kier molecular flexibility index (Phi) is 6.75. The predicted octanol–water partition coefficient (Wildman–Crippen LogP) is 6.01. The van der Waals surface area contributed by atoms with Crippen LogP contribution in [0.15, 0.2) is 77.6 Å². The van der Waals surface area contributed by atoms with Crippen molar-refractivity contribution in [3.05, 3.63) is 111 Å². The second kappa shape index (κ2) is 10.1. The summed E-state index contributed by atoms with van der Waals surface area (Å²) in [5.74, 6) is -0.212. The Balaban J connectivity index is 1.41. The lowest BCUT2D eigenvalue weighted by molar-refractivity contribution is 0.270. The molecule has 1 aliphatic rings. The van der Waals surface area contributed by atoms with Crippen molar-refractivity contribution in [2.45, 2.75) is 38.3 Å². The molecular weight excluding hydrogens is 449 g/mol. The minimum atomic E-state index is -0.212. The normalized spacial score (nSPS) is 17.1. The first-order valence-electron chi connectivity index (χ1n) is 11.8. The standard InChI is InChI=1S/C28H27ClFN3O/c29-22-11-7-20(8-12-22)18-27-25-5-1-2-6-26(25)28(34)33(31-27)24-4-3-16-32(17-15-24)19-21-9-13-23(30)14-10-21/h1-2,5-14,24H,3-4,15-19H2. The molecule has 0 radical (unpaired) electrons. The summed E-state index contributed by atoms with van der Waals surface area (Å²) in [6, 6.07) is 22.3. The van der Waals surface area contributed by atoms with Crippen LogP contribution in [0.4, 0.5) is 4.39 Å². The molecule has 1 aliphatic heterocycles. The predicted molar refractivity (Wildman–Crippen MR) is 135 cm³/mol. The van der Waals surface area contributed by atoms with Gasteiger partial charge in [0.05, 0.1) is 17.1 Å². The van der Waals surface area contributed by atoms with E-state index >= 15 is 0 Å². The fraction of sp³-hybridized carbons (Fsp3) is 0.286. The number of halogens is 2. The molecule has 34 heavy (non-hydrogen) atoms. The van der Waals surface area contributed by atoms with Crippen molar-refractivity contribution in [1.29, 1.82) is 0 Å². The van der Waals surface area contributed by atoms with Crippen molar-refractivity contribution >= 4 is 22.4 Å². The number of fused-ring (bicyclic) bond motifs is 1. The molecule has 174 valence electrons. The monoisotopic (exact) mass is 475 g/mol. The quantitative estimate of drug-likeness (QED) is 0.355. The zero-order chi connectivity index (χ0) is 23.5. The molecule has 2 heterocycles. The molecule has 0 aliphatic carbocycles. The van der Waals surface area contributed by atoms with E-state index in [4.69, 9.17) is 16.7 Å². The van der Waals surface area contributed by atoms with E-state index in [1.54, 1.807) is 4.68 Å². The molecule has 1 aromatic heterocycles. The van der Waals surface area contributed by atoms with E-state index in [9.17, 15) is 9.18 Å². The van der Waals surface area contributed by atoms with Crippen molar-refractivity contribution in [1.82, 2.24) is 14.7 Å². The zero-order valence-corrected chi connectivity index (χ0v) is 19.7. The van der Waals surface area contributed by atoms with Crippen LogP contribution in [0.2, 0.25) is 5.02 Å². The van der Waals surface area contributed by atoms with Crippen LogP contribution in [-0.2, 0) is 13.0 Å². The molecule has 3 aromatic carbocycles. The van der Waals surface area contributed by atoms with Gasteiger partial charge in [-0.25, -0.2) is 9.07 Å². The summed E-state index contributed by atoms with van der Waals surface area (Å²) in [7, 11) is 0. The van der Waals surface area contributed by atoms with Gasteiger partial charge in [-0.2, -0.15) is 5.10 Å². The lowest BCUT2D eigenvalue weighted by Crippen LogP contribution is -2.30. The molecule has 1 unspecified atom stereocenters. The van der Waals surface area contributed by atoms with Crippen LogP contribution in [0, 0.1) is 5.82 Å². The van der Waals surface area contributed by atoms with Gasteiger partial charge >= 0.3 is 0 Å². The number of hydrogen-bond donors (Lipinski definition) is 0. The van der Waals surface area contributed by atoms with Gasteiger partial charge < -0.3 is 0 Å². The first kappa shape index (κ1) is 22.8. The summed E-state index contributed by atoms with van der Waals surface area (Å²) < 4.78 is 15.0. The Labute approximate surface area is 203 Å². The Morgan fingerprint density at radius 1 is 0.882 bits per heavy atom. The molecule has 0 saturated carbocycles. The van der Waals surface area contributed by atoms with Crippen LogP contribution in [0.3, 0.4) is 0 Å². The smallest absolute Gasteiger partial charge is 0.274 e. The molecule has 0 amide bonds. The van der Waals surface area contributed by atoms with Gasteiger partial charge in [0.1, 0.15) is 5.82 Å². The summed E-state index contributed by atoms with van der Waals surface area (Å²) in [5.41, 5.74) is 3.10. The first-order chi connectivity index (χ1) is 16.6. The topological polar surface area (TPSA) is 38.1 Å². The van der Waals surface area contributed by atoms with Gasteiger partial charge in [0.25, 0.3) is 5.56 Å². The number of nitrogens with zero attached hydrogens (tertiary/aromatic N) is 3. The minimum absolute atomic E-state index is 0.0209. The van der Waals surface area contributed by atoms with Gasteiger partial charge in [-0.15, -0.1) is 0 Å². The third kappa shape index (κ3) is 5.06. The number of aromatic nitrogens is 2. The van der Waals surface area contributed by atoms with Crippen LogP contribution in [-0.4, -0.2) is 27.8 Å². The van der Waals surface area contributed by atoms with Gasteiger partial charge in [-0.1, -0.05) is 54.1 Å². The Morgan fingerprint density at radius 2 is 1.59 bits per heavy atom. The van der Waals surface area contributed by atoms with E-state index in [-0.39, 0.29) is 17.4 Å². The minimum Gasteiger partial charge on any atom is -0.299 e. The van der Waals surface area contributed by atoms with E-state index in [1.807, 2.05) is 60.7 Å². The van der Waals surface area contributed by atoms with Gasteiger partial charge in [0, 0.05) is 29.9 Å². The molecule has 4 aromatic rings. The van der Waals surface area contributed by atoms with E-state index in [0.29, 0.717) is 16.8 Å². The maximum atomic E-state index is 13.4. The Bertz CT molecular complexity index is 1330. The van der Waals surface area contributed by atoms with Crippen molar-refractivity contribution in [3.8, 4) is 0 Å². The van der Waals surface area contributed by atoms with E-state index in [1.165, 1.54) is 12.1 Å².